The van der Waals surface area contributed by atoms with Crippen LogP contribution in [0.2, 0.25) is 0 Å². The molecular weight excluding hydrogens is 332 g/mol. The largest absolute Gasteiger partial charge is 0.389 e. The van der Waals surface area contributed by atoms with E-state index in [2.05, 4.69) is 25.3 Å². The van der Waals surface area contributed by atoms with Gasteiger partial charge in [-0.1, -0.05) is 40.7 Å². The summed E-state index contributed by atoms with van der Waals surface area (Å²) in [6, 6.07) is 5.86. The lowest BCUT2D eigenvalue weighted by molar-refractivity contribution is 0.196. The zero-order valence-corrected chi connectivity index (χ0v) is 13.3. The molecular formula is C12H13BrN2OS2. The van der Waals surface area contributed by atoms with Crippen LogP contribution in [-0.4, -0.2) is 14.5 Å². The van der Waals surface area contributed by atoms with Gasteiger partial charge in [0.05, 0.1) is 6.10 Å². The summed E-state index contributed by atoms with van der Waals surface area (Å²) in [6.07, 6.45) is 0.359. The Hall–Kier alpha value is -0.430. The van der Waals surface area contributed by atoms with Gasteiger partial charge in [0, 0.05) is 15.8 Å². The summed E-state index contributed by atoms with van der Waals surface area (Å²) >= 11 is 6.40. The molecule has 6 heteroatoms. The van der Waals surface area contributed by atoms with Gasteiger partial charge >= 0.3 is 0 Å². The third kappa shape index (κ3) is 3.32. The van der Waals surface area contributed by atoms with Gasteiger partial charge in [0.2, 0.25) is 0 Å². The summed E-state index contributed by atoms with van der Waals surface area (Å²) in [5.41, 5.74) is 0.913. The molecule has 3 nitrogen and oxygen atoms in total. The normalized spacial score (nSPS) is 12.7. The number of benzene rings is 1. The summed E-state index contributed by atoms with van der Waals surface area (Å²) < 4.78 is 6.17. The first-order valence-electron chi connectivity index (χ1n) is 5.58. The van der Waals surface area contributed by atoms with Crippen molar-refractivity contribution in [3.8, 4) is 0 Å². The van der Waals surface area contributed by atoms with Gasteiger partial charge < -0.3 is 5.11 Å². The van der Waals surface area contributed by atoms with Gasteiger partial charge in [-0.25, -0.2) is 4.98 Å². The van der Waals surface area contributed by atoms with E-state index in [1.165, 1.54) is 11.5 Å². The van der Waals surface area contributed by atoms with Gasteiger partial charge in [-0.3, -0.25) is 0 Å². The van der Waals surface area contributed by atoms with Crippen molar-refractivity contribution in [2.45, 2.75) is 35.6 Å². The molecule has 0 fully saturated rings. The molecule has 0 saturated heterocycles. The van der Waals surface area contributed by atoms with Crippen LogP contribution in [0.15, 0.2) is 31.9 Å². The Kier molecular flexibility index (Phi) is 4.77. The lowest BCUT2D eigenvalue weighted by Gasteiger charge is -2.10. The molecule has 18 heavy (non-hydrogen) atoms. The van der Waals surface area contributed by atoms with E-state index in [-0.39, 0.29) is 0 Å². The molecule has 1 unspecified atom stereocenters. The molecule has 1 atom stereocenters. The lowest BCUT2D eigenvalue weighted by atomic mass is 10.1. The summed E-state index contributed by atoms with van der Waals surface area (Å²) in [5.74, 6) is 0.871. The number of hydrogen-bond acceptors (Lipinski definition) is 5. The van der Waals surface area contributed by atoms with Crippen molar-refractivity contribution >= 4 is 39.2 Å². The maximum atomic E-state index is 9.76. The van der Waals surface area contributed by atoms with Gasteiger partial charge in [0.15, 0.2) is 4.34 Å². The molecule has 1 aromatic heterocycles. The van der Waals surface area contributed by atoms with Crippen LogP contribution in [0.3, 0.4) is 0 Å². The van der Waals surface area contributed by atoms with Crippen LogP contribution < -0.4 is 0 Å². The second kappa shape index (κ2) is 6.14. The number of aromatic nitrogens is 2. The number of aliphatic hydroxyl groups excluding tert-OH is 1. The highest BCUT2D eigenvalue weighted by molar-refractivity contribution is 9.10. The Balaban J connectivity index is 2.29. The lowest BCUT2D eigenvalue weighted by Crippen LogP contribution is -1.93. The zero-order chi connectivity index (χ0) is 13.1. The molecule has 1 heterocycles. The van der Waals surface area contributed by atoms with Gasteiger partial charge in [-0.05, 0) is 36.2 Å². The minimum absolute atomic E-state index is 0.487. The number of hydrogen-bond donors (Lipinski definition) is 1. The molecule has 0 aliphatic heterocycles. The number of aliphatic hydroxyl groups is 1. The standard InChI is InChI=1S/C12H13BrN2OS2/c1-3-11-14-12(18-15-11)17-10-6-8(13)4-5-9(10)7(2)16/h4-7,16H,3H2,1-2H3. The van der Waals surface area contributed by atoms with Crippen molar-refractivity contribution in [1.29, 1.82) is 0 Å². The Morgan fingerprint density at radius 2 is 2.28 bits per heavy atom. The van der Waals surface area contributed by atoms with Crippen molar-refractivity contribution < 1.29 is 5.11 Å². The van der Waals surface area contributed by atoms with Crippen LogP contribution >= 0.6 is 39.2 Å². The molecule has 0 radical (unpaired) electrons. The van der Waals surface area contributed by atoms with Gasteiger partial charge in [-0.15, -0.1) is 0 Å². The highest BCUT2D eigenvalue weighted by atomic mass is 79.9. The highest BCUT2D eigenvalue weighted by Gasteiger charge is 2.12. The van der Waals surface area contributed by atoms with Crippen LogP contribution in [0.4, 0.5) is 0 Å². The van der Waals surface area contributed by atoms with E-state index in [0.29, 0.717) is 0 Å². The van der Waals surface area contributed by atoms with Crippen molar-refractivity contribution in [3.05, 3.63) is 34.1 Å². The molecule has 0 aliphatic carbocycles. The fourth-order valence-corrected chi connectivity index (χ4v) is 3.88. The average Bonchev–Trinajstić information content (AvgIpc) is 2.76. The van der Waals surface area contributed by atoms with Crippen LogP contribution in [0, 0.1) is 0 Å². The van der Waals surface area contributed by atoms with Gasteiger partial charge in [0.1, 0.15) is 5.82 Å². The molecule has 0 spiro atoms. The number of aryl methyl sites for hydroxylation is 1. The topological polar surface area (TPSA) is 46.0 Å². The van der Waals surface area contributed by atoms with E-state index in [4.69, 9.17) is 0 Å². The fraction of sp³-hybridized carbons (Fsp3) is 0.333. The molecule has 0 saturated carbocycles. The second-order valence-electron chi connectivity index (χ2n) is 3.79. The Labute approximate surface area is 123 Å². The van der Waals surface area contributed by atoms with Crippen molar-refractivity contribution in [3.63, 3.8) is 0 Å². The first-order valence-corrected chi connectivity index (χ1v) is 7.96. The molecule has 1 aromatic carbocycles. The predicted molar refractivity (Wildman–Crippen MR) is 78.2 cm³/mol. The molecule has 2 aromatic rings. The monoisotopic (exact) mass is 344 g/mol. The van der Waals surface area contributed by atoms with E-state index in [0.717, 1.165) is 31.5 Å². The number of nitrogens with zero attached hydrogens (tertiary/aromatic N) is 2. The second-order valence-corrected chi connectivity index (χ2v) is 6.75. The van der Waals surface area contributed by atoms with E-state index in [1.54, 1.807) is 18.7 Å². The molecule has 1 N–H and O–H groups in total. The van der Waals surface area contributed by atoms with Crippen LogP contribution in [0.1, 0.15) is 31.3 Å². The Morgan fingerprint density at radius 3 is 2.89 bits per heavy atom. The third-order valence-corrected chi connectivity index (χ3v) is 4.74. The zero-order valence-electron chi connectivity index (χ0n) is 10.1. The molecule has 96 valence electrons. The van der Waals surface area contributed by atoms with Crippen molar-refractivity contribution in [2.24, 2.45) is 0 Å². The van der Waals surface area contributed by atoms with E-state index < -0.39 is 6.10 Å². The summed E-state index contributed by atoms with van der Waals surface area (Å²) in [5, 5.41) is 9.76. The number of halogens is 1. The SMILES string of the molecule is CCc1nsc(Sc2cc(Br)ccc2C(C)O)n1. The molecule has 0 aliphatic rings. The van der Waals surface area contributed by atoms with Crippen molar-refractivity contribution in [2.75, 3.05) is 0 Å². The van der Waals surface area contributed by atoms with Crippen LogP contribution in [0.25, 0.3) is 0 Å². The van der Waals surface area contributed by atoms with E-state index in [9.17, 15) is 5.11 Å². The van der Waals surface area contributed by atoms with E-state index >= 15 is 0 Å². The van der Waals surface area contributed by atoms with Crippen LogP contribution in [-0.2, 0) is 6.42 Å². The highest BCUT2D eigenvalue weighted by Crippen LogP contribution is 2.35. The maximum absolute atomic E-state index is 9.76. The van der Waals surface area contributed by atoms with Crippen molar-refractivity contribution in [1.82, 2.24) is 9.36 Å². The summed E-state index contributed by atoms with van der Waals surface area (Å²) in [7, 11) is 0. The molecule has 0 bridgehead atoms. The van der Waals surface area contributed by atoms with Crippen LogP contribution in [0.5, 0.6) is 0 Å². The fourth-order valence-electron chi connectivity index (χ4n) is 1.46. The quantitative estimate of drug-likeness (QED) is 0.907. The Bertz CT molecular complexity index is 543. The maximum Gasteiger partial charge on any atom is 0.174 e. The predicted octanol–water partition coefficient (Wildman–Crippen LogP) is 4.07. The minimum Gasteiger partial charge on any atom is -0.389 e. The molecule has 2 rings (SSSR count). The average molecular weight is 345 g/mol. The molecule has 0 amide bonds. The first-order chi connectivity index (χ1) is 8.60. The smallest absolute Gasteiger partial charge is 0.174 e. The minimum atomic E-state index is -0.487. The summed E-state index contributed by atoms with van der Waals surface area (Å²) in [6.45, 7) is 3.81. The van der Waals surface area contributed by atoms with Gasteiger partial charge in [-0.2, -0.15) is 4.37 Å². The Morgan fingerprint density at radius 1 is 1.50 bits per heavy atom. The summed E-state index contributed by atoms with van der Waals surface area (Å²) in [4.78, 5) is 5.44. The third-order valence-electron chi connectivity index (χ3n) is 2.39. The number of rotatable bonds is 4. The first kappa shape index (κ1) is 14.0. The van der Waals surface area contributed by atoms with E-state index in [1.807, 2.05) is 25.1 Å². The van der Waals surface area contributed by atoms with Gasteiger partial charge in [0.25, 0.3) is 0 Å².